The highest BCUT2D eigenvalue weighted by atomic mass is 16.5. The van der Waals surface area contributed by atoms with Gasteiger partial charge in [-0.1, -0.05) is 32.4 Å². The van der Waals surface area contributed by atoms with Gasteiger partial charge in [0.05, 0.1) is 7.11 Å². The Morgan fingerprint density at radius 3 is 2.82 bits per heavy atom. The van der Waals surface area contributed by atoms with Gasteiger partial charge in [-0.05, 0) is 37.6 Å². The number of hydrogen-bond acceptors (Lipinski definition) is 3. The van der Waals surface area contributed by atoms with Gasteiger partial charge in [-0.3, -0.25) is 4.79 Å². The van der Waals surface area contributed by atoms with Crippen LogP contribution in [-0.2, 0) is 9.53 Å². The summed E-state index contributed by atoms with van der Waals surface area (Å²) in [5, 5.41) is 3.38. The number of nitrogens with one attached hydrogen (secondary N) is 1. The summed E-state index contributed by atoms with van der Waals surface area (Å²) in [6.07, 6.45) is 8.98. The Labute approximate surface area is 105 Å². The van der Waals surface area contributed by atoms with Gasteiger partial charge < -0.3 is 10.1 Å². The maximum Gasteiger partial charge on any atom is 0.323 e. The molecule has 0 aromatic rings. The molecule has 3 unspecified atom stereocenters. The standard InChI is InChI=1S/C14H25NO2/c1-4-11(2)13(14(16)17-3)15-10-12-8-6-5-7-9-12/h5-6,11-13,15H,4,7-10H2,1-3H3. The van der Waals surface area contributed by atoms with Gasteiger partial charge in [-0.15, -0.1) is 0 Å². The van der Waals surface area contributed by atoms with Gasteiger partial charge >= 0.3 is 5.97 Å². The molecule has 0 fully saturated rings. The smallest absolute Gasteiger partial charge is 0.323 e. The molecule has 1 aliphatic rings. The molecule has 0 aliphatic heterocycles. The maximum atomic E-state index is 11.7. The summed E-state index contributed by atoms with van der Waals surface area (Å²) in [5.74, 6) is 0.850. The van der Waals surface area contributed by atoms with Crippen molar-refractivity contribution in [1.82, 2.24) is 5.32 Å². The monoisotopic (exact) mass is 239 g/mol. The number of esters is 1. The molecular formula is C14H25NO2. The number of ether oxygens (including phenoxy) is 1. The van der Waals surface area contributed by atoms with Gasteiger partial charge in [0.25, 0.3) is 0 Å². The zero-order valence-electron chi connectivity index (χ0n) is 11.2. The predicted molar refractivity (Wildman–Crippen MR) is 69.7 cm³/mol. The van der Waals surface area contributed by atoms with Crippen LogP contribution in [0.1, 0.15) is 39.5 Å². The molecule has 17 heavy (non-hydrogen) atoms. The lowest BCUT2D eigenvalue weighted by atomic mass is 9.93. The lowest BCUT2D eigenvalue weighted by Gasteiger charge is -2.25. The molecule has 0 aromatic carbocycles. The third-order valence-electron chi connectivity index (χ3n) is 3.67. The van der Waals surface area contributed by atoms with Gasteiger partial charge in [0.15, 0.2) is 0 Å². The lowest BCUT2D eigenvalue weighted by molar-refractivity contribution is -0.144. The Hall–Kier alpha value is -0.830. The van der Waals surface area contributed by atoms with Gasteiger partial charge in [0.2, 0.25) is 0 Å². The minimum Gasteiger partial charge on any atom is -0.468 e. The highest BCUT2D eigenvalue weighted by molar-refractivity contribution is 5.75. The highest BCUT2D eigenvalue weighted by Crippen LogP contribution is 2.18. The van der Waals surface area contributed by atoms with Crippen molar-refractivity contribution in [2.45, 2.75) is 45.6 Å². The summed E-state index contributed by atoms with van der Waals surface area (Å²) in [4.78, 5) is 11.7. The van der Waals surface area contributed by atoms with Crippen LogP contribution in [0.3, 0.4) is 0 Å². The second-order valence-corrected chi connectivity index (χ2v) is 4.95. The Balaban J connectivity index is 2.42. The van der Waals surface area contributed by atoms with E-state index in [1.54, 1.807) is 0 Å². The topological polar surface area (TPSA) is 38.3 Å². The number of carbonyl (C=O) groups is 1. The van der Waals surface area contributed by atoms with Crippen LogP contribution < -0.4 is 5.32 Å². The van der Waals surface area contributed by atoms with Crippen LogP contribution in [-0.4, -0.2) is 25.7 Å². The highest BCUT2D eigenvalue weighted by Gasteiger charge is 2.25. The molecule has 1 rings (SSSR count). The van der Waals surface area contributed by atoms with E-state index in [2.05, 4.69) is 31.3 Å². The zero-order chi connectivity index (χ0) is 12.7. The fourth-order valence-corrected chi connectivity index (χ4v) is 2.21. The van der Waals surface area contributed by atoms with Gasteiger partial charge in [0.1, 0.15) is 6.04 Å². The van der Waals surface area contributed by atoms with E-state index in [9.17, 15) is 4.79 Å². The molecule has 3 heteroatoms. The van der Waals surface area contributed by atoms with Gasteiger partial charge in [-0.2, -0.15) is 0 Å². The van der Waals surface area contributed by atoms with Crippen molar-refractivity contribution in [2.24, 2.45) is 11.8 Å². The van der Waals surface area contributed by atoms with Crippen LogP contribution in [0.25, 0.3) is 0 Å². The average Bonchev–Trinajstić information content (AvgIpc) is 2.39. The van der Waals surface area contributed by atoms with E-state index >= 15 is 0 Å². The molecule has 1 aliphatic carbocycles. The molecule has 98 valence electrons. The molecule has 0 heterocycles. The molecule has 0 aromatic heterocycles. The van der Waals surface area contributed by atoms with Crippen LogP contribution in [0, 0.1) is 11.8 Å². The number of methoxy groups -OCH3 is 1. The molecule has 0 bridgehead atoms. The minimum atomic E-state index is -0.157. The Morgan fingerprint density at radius 1 is 1.53 bits per heavy atom. The fraction of sp³-hybridized carbons (Fsp3) is 0.786. The summed E-state index contributed by atoms with van der Waals surface area (Å²) >= 11 is 0. The number of carbonyl (C=O) groups excluding carboxylic acids is 1. The molecular weight excluding hydrogens is 214 g/mol. The minimum absolute atomic E-state index is 0.134. The molecule has 0 saturated carbocycles. The molecule has 0 amide bonds. The predicted octanol–water partition coefficient (Wildman–Crippen LogP) is 2.52. The van der Waals surface area contributed by atoms with Crippen molar-refractivity contribution < 1.29 is 9.53 Å². The lowest BCUT2D eigenvalue weighted by Crippen LogP contribution is -2.44. The SMILES string of the molecule is CCC(C)C(NCC1CC=CCC1)C(=O)OC. The molecule has 0 radical (unpaired) electrons. The molecule has 0 saturated heterocycles. The molecule has 1 N–H and O–H groups in total. The van der Waals surface area contributed by atoms with E-state index in [4.69, 9.17) is 4.74 Å². The Morgan fingerprint density at radius 2 is 2.29 bits per heavy atom. The first kappa shape index (κ1) is 14.2. The van der Waals surface area contributed by atoms with Crippen molar-refractivity contribution >= 4 is 5.97 Å². The van der Waals surface area contributed by atoms with Crippen molar-refractivity contribution in [2.75, 3.05) is 13.7 Å². The second-order valence-electron chi connectivity index (χ2n) is 4.95. The van der Waals surface area contributed by atoms with Crippen molar-refractivity contribution in [3.05, 3.63) is 12.2 Å². The van der Waals surface area contributed by atoms with Crippen molar-refractivity contribution in [1.29, 1.82) is 0 Å². The van der Waals surface area contributed by atoms with Crippen molar-refractivity contribution in [3.63, 3.8) is 0 Å². The van der Waals surface area contributed by atoms with Gasteiger partial charge in [-0.25, -0.2) is 0 Å². The first-order valence-electron chi connectivity index (χ1n) is 6.65. The van der Waals surface area contributed by atoms with Crippen molar-refractivity contribution in [3.8, 4) is 0 Å². The average molecular weight is 239 g/mol. The van der Waals surface area contributed by atoms with E-state index in [-0.39, 0.29) is 12.0 Å². The summed E-state index contributed by atoms with van der Waals surface area (Å²) in [6.45, 7) is 5.11. The van der Waals surface area contributed by atoms with E-state index in [1.807, 2.05) is 0 Å². The Kier molecular flexibility index (Phi) is 6.27. The summed E-state index contributed by atoms with van der Waals surface area (Å²) < 4.78 is 4.86. The largest absolute Gasteiger partial charge is 0.468 e. The van der Waals surface area contributed by atoms with E-state index in [1.165, 1.54) is 20.0 Å². The summed E-state index contributed by atoms with van der Waals surface area (Å²) in [5.41, 5.74) is 0. The van der Waals surface area contributed by atoms with Crippen LogP contribution in [0.15, 0.2) is 12.2 Å². The normalized spacial score (nSPS) is 23.1. The molecule has 0 spiro atoms. The number of allylic oxidation sites excluding steroid dienone is 2. The van der Waals surface area contributed by atoms with E-state index in [0.29, 0.717) is 11.8 Å². The van der Waals surface area contributed by atoms with Gasteiger partial charge in [0, 0.05) is 0 Å². The first-order chi connectivity index (χ1) is 8.19. The first-order valence-corrected chi connectivity index (χ1v) is 6.65. The van der Waals surface area contributed by atoms with Crippen LogP contribution in [0.4, 0.5) is 0 Å². The van der Waals surface area contributed by atoms with Crippen LogP contribution in [0.5, 0.6) is 0 Å². The molecule has 3 atom stereocenters. The third kappa shape index (κ3) is 4.50. The number of hydrogen-bond donors (Lipinski definition) is 1. The zero-order valence-corrected chi connectivity index (χ0v) is 11.2. The summed E-state index contributed by atoms with van der Waals surface area (Å²) in [7, 11) is 1.46. The van der Waals surface area contributed by atoms with E-state index < -0.39 is 0 Å². The summed E-state index contributed by atoms with van der Waals surface area (Å²) in [6, 6.07) is -0.157. The van der Waals surface area contributed by atoms with E-state index in [0.717, 1.165) is 19.4 Å². The third-order valence-corrected chi connectivity index (χ3v) is 3.67. The second kappa shape index (κ2) is 7.49. The Bertz CT molecular complexity index is 263. The fourth-order valence-electron chi connectivity index (χ4n) is 2.21. The molecule has 3 nitrogen and oxygen atoms in total. The quantitative estimate of drug-likeness (QED) is 0.572. The van der Waals surface area contributed by atoms with Crippen LogP contribution >= 0.6 is 0 Å². The van der Waals surface area contributed by atoms with Crippen LogP contribution in [0.2, 0.25) is 0 Å². The maximum absolute atomic E-state index is 11.7. The number of rotatable bonds is 6.